The molecule has 0 fully saturated rings. The van der Waals surface area contributed by atoms with Crippen LogP contribution in [0.5, 0.6) is 0 Å². The van der Waals surface area contributed by atoms with Crippen LogP contribution in [0.25, 0.3) is 0 Å². The molecule has 112 valence electrons. The van der Waals surface area contributed by atoms with E-state index in [9.17, 15) is 12.8 Å². The molecule has 2 aromatic carbocycles. The molecule has 0 aliphatic carbocycles. The third-order valence-corrected chi connectivity index (χ3v) is 6.15. The summed E-state index contributed by atoms with van der Waals surface area (Å²) in [6, 6.07) is 10.9. The third-order valence-electron chi connectivity index (χ3n) is 2.88. The number of nitrogens with zero attached hydrogens (tertiary/aromatic N) is 1. The fraction of sp³-hybridized carbons (Fsp3) is 0.143. The lowest BCUT2D eigenvalue weighted by molar-refractivity contribution is 0.466. The summed E-state index contributed by atoms with van der Waals surface area (Å²) in [5.74, 6) is -0.490. The molecule has 0 aromatic heterocycles. The SMILES string of the molecule is CN(Cc1cccc(Br)c1)S(=O)(=O)c1ccc(F)cc1Br. The summed E-state index contributed by atoms with van der Waals surface area (Å²) in [5, 5.41) is 0. The van der Waals surface area contributed by atoms with Crippen molar-refractivity contribution in [2.75, 3.05) is 7.05 Å². The minimum Gasteiger partial charge on any atom is -0.207 e. The Kier molecular flexibility index (Phi) is 5.19. The molecule has 21 heavy (non-hydrogen) atoms. The van der Waals surface area contributed by atoms with Crippen molar-refractivity contribution in [3.8, 4) is 0 Å². The first kappa shape index (κ1) is 16.6. The molecule has 0 aliphatic heterocycles. The van der Waals surface area contributed by atoms with E-state index in [0.29, 0.717) is 0 Å². The van der Waals surface area contributed by atoms with E-state index in [-0.39, 0.29) is 15.9 Å². The van der Waals surface area contributed by atoms with E-state index < -0.39 is 15.8 Å². The van der Waals surface area contributed by atoms with Gasteiger partial charge in [-0.15, -0.1) is 0 Å². The topological polar surface area (TPSA) is 37.4 Å². The van der Waals surface area contributed by atoms with Crippen LogP contribution in [-0.2, 0) is 16.6 Å². The molecule has 0 amide bonds. The maximum atomic E-state index is 13.1. The maximum absolute atomic E-state index is 13.1. The molecule has 0 N–H and O–H groups in total. The van der Waals surface area contributed by atoms with Gasteiger partial charge in [0.1, 0.15) is 5.82 Å². The first-order chi connectivity index (χ1) is 9.80. The van der Waals surface area contributed by atoms with Gasteiger partial charge in [-0.3, -0.25) is 0 Å². The number of hydrogen-bond donors (Lipinski definition) is 0. The average Bonchev–Trinajstić information content (AvgIpc) is 2.38. The highest BCUT2D eigenvalue weighted by Gasteiger charge is 2.23. The van der Waals surface area contributed by atoms with Crippen molar-refractivity contribution in [1.29, 1.82) is 0 Å². The van der Waals surface area contributed by atoms with Crippen LogP contribution in [-0.4, -0.2) is 19.8 Å². The van der Waals surface area contributed by atoms with Crippen molar-refractivity contribution in [2.24, 2.45) is 0 Å². The van der Waals surface area contributed by atoms with Gasteiger partial charge in [0.2, 0.25) is 10.0 Å². The first-order valence-corrected chi connectivity index (χ1v) is 8.99. The monoisotopic (exact) mass is 435 g/mol. The zero-order valence-corrected chi connectivity index (χ0v) is 15.0. The molecular weight excluding hydrogens is 425 g/mol. The van der Waals surface area contributed by atoms with E-state index in [1.165, 1.54) is 17.4 Å². The van der Waals surface area contributed by atoms with Crippen LogP contribution in [0.15, 0.2) is 56.3 Å². The van der Waals surface area contributed by atoms with Crippen LogP contribution in [0, 0.1) is 5.82 Å². The van der Waals surface area contributed by atoms with Gasteiger partial charge >= 0.3 is 0 Å². The van der Waals surface area contributed by atoms with Gasteiger partial charge < -0.3 is 0 Å². The van der Waals surface area contributed by atoms with Crippen molar-refractivity contribution in [2.45, 2.75) is 11.4 Å². The molecule has 0 bridgehead atoms. The highest BCUT2D eigenvalue weighted by molar-refractivity contribution is 9.10. The smallest absolute Gasteiger partial charge is 0.207 e. The van der Waals surface area contributed by atoms with Crippen molar-refractivity contribution < 1.29 is 12.8 Å². The summed E-state index contributed by atoms with van der Waals surface area (Å²) in [6.07, 6.45) is 0. The summed E-state index contributed by atoms with van der Waals surface area (Å²) in [4.78, 5) is 0.0430. The Morgan fingerprint density at radius 2 is 1.86 bits per heavy atom. The number of rotatable bonds is 4. The molecule has 7 heteroatoms. The molecule has 0 saturated carbocycles. The molecule has 0 heterocycles. The predicted octanol–water partition coefficient (Wildman–Crippen LogP) is 4.17. The van der Waals surface area contributed by atoms with E-state index in [4.69, 9.17) is 0 Å². The van der Waals surface area contributed by atoms with Crippen LogP contribution in [0.3, 0.4) is 0 Å². The van der Waals surface area contributed by atoms with E-state index >= 15 is 0 Å². The minimum atomic E-state index is -3.69. The summed E-state index contributed by atoms with van der Waals surface area (Å²) >= 11 is 6.44. The normalized spacial score (nSPS) is 11.9. The quantitative estimate of drug-likeness (QED) is 0.721. The Balaban J connectivity index is 2.30. The van der Waals surface area contributed by atoms with Crippen molar-refractivity contribution >= 4 is 41.9 Å². The van der Waals surface area contributed by atoms with Crippen LogP contribution >= 0.6 is 31.9 Å². The van der Waals surface area contributed by atoms with Crippen LogP contribution < -0.4 is 0 Å². The summed E-state index contributed by atoms with van der Waals surface area (Å²) in [5.41, 5.74) is 0.855. The molecule has 2 rings (SSSR count). The Morgan fingerprint density at radius 3 is 2.48 bits per heavy atom. The van der Waals surface area contributed by atoms with Crippen LogP contribution in [0.1, 0.15) is 5.56 Å². The van der Waals surface area contributed by atoms with E-state index in [0.717, 1.165) is 22.2 Å². The second-order valence-electron chi connectivity index (χ2n) is 4.47. The summed E-state index contributed by atoms with van der Waals surface area (Å²) in [6.45, 7) is 0.228. The van der Waals surface area contributed by atoms with Crippen LogP contribution in [0.2, 0.25) is 0 Å². The van der Waals surface area contributed by atoms with E-state index in [1.54, 1.807) is 0 Å². The van der Waals surface area contributed by atoms with Crippen molar-refractivity contribution in [1.82, 2.24) is 4.31 Å². The number of benzene rings is 2. The second kappa shape index (κ2) is 6.56. The van der Waals surface area contributed by atoms with Gasteiger partial charge in [0.05, 0.1) is 4.90 Å². The summed E-state index contributed by atoms with van der Waals surface area (Å²) in [7, 11) is -2.20. The van der Waals surface area contributed by atoms with Crippen molar-refractivity contribution in [3.05, 3.63) is 62.8 Å². The molecule has 0 aliphatic rings. The van der Waals surface area contributed by atoms with Gasteiger partial charge in [0.15, 0.2) is 0 Å². The maximum Gasteiger partial charge on any atom is 0.244 e. The lowest BCUT2D eigenvalue weighted by Gasteiger charge is -2.18. The molecule has 0 saturated heterocycles. The van der Waals surface area contributed by atoms with Gasteiger partial charge in [-0.1, -0.05) is 28.1 Å². The fourth-order valence-corrected chi connectivity index (χ4v) is 4.44. The molecular formula is C14H12Br2FNO2S. The molecule has 0 spiro atoms. The highest BCUT2D eigenvalue weighted by atomic mass is 79.9. The number of hydrogen-bond acceptors (Lipinski definition) is 2. The number of sulfonamides is 1. The Morgan fingerprint density at radius 1 is 1.14 bits per heavy atom. The van der Waals surface area contributed by atoms with Gasteiger partial charge in [-0.05, 0) is 51.8 Å². The highest BCUT2D eigenvalue weighted by Crippen LogP contribution is 2.26. The Labute approximate surface area is 140 Å². The molecule has 0 atom stereocenters. The van der Waals surface area contributed by atoms with Gasteiger partial charge in [-0.25, -0.2) is 12.8 Å². The zero-order chi connectivity index (χ0) is 15.6. The summed E-state index contributed by atoms with van der Waals surface area (Å²) < 4.78 is 40.4. The largest absolute Gasteiger partial charge is 0.244 e. The van der Waals surface area contributed by atoms with Crippen LogP contribution in [0.4, 0.5) is 4.39 Å². The van der Waals surface area contributed by atoms with Gasteiger partial charge in [-0.2, -0.15) is 4.31 Å². The van der Waals surface area contributed by atoms with Gasteiger partial charge in [0.25, 0.3) is 0 Å². The molecule has 2 aromatic rings. The van der Waals surface area contributed by atoms with E-state index in [2.05, 4.69) is 31.9 Å². The fourth-order valence-electron chi connectivity index (χ4n) is 1.83. The lowest BCUT2D eigenvalue weighted by atomic mass is 10.2. The van der Waals surface area contributed by atoms with Gasteiger partial charge in [0, 0.05) is 22.5 Å². The average molecular weight is 437 g/mol. The lowest BCUT2D eigenvalue weighted by Crippen LogP contribution is -2.26. The minimum absolute atomic E-state index is 0.0430. The zero-order valence-electron chi connectivity index (χ0n) is 11.1. The first-order valence-electron chi connectivity index (χ1n) is 5.96. The molecule has 0 radical (unpaired) electrons. The molecule has 3 nitrogen and oxygen atoms in total. The van der Waals surface area contributed by atoms with Crippen molar-refractivity contribution in [3.63, 3.8) is 0 Å². The standard InChI is InChI=1S/C14H12Br2FNO2S/c1-18(9-10-3-2-4-11(15)7-10)21(19,20)14-6-5-12(17)8-13(14)16/h2-8H,9H2,1H3. The third kappa shape index (κ3) is 3.91. The Bertz CT molecular complexity index is 765. The van der Waals surface area contributed by atoms with E-state index in [1.807, 2.05) is 24.3 Å². The second-order valence-corrected chi connectivity index (χ2v) is 8.25. The Hall–Kier alpha value is -0.760. The number of halogens is 3. The molecule has 0 unspecified atom stereocenters. The predicted molar refractivity (Wildman–Crippen MR) is 86.9 cm³/mol.